The highest BCUT2D eigenvalue weighted by Gasteiger charge is 2.48. The van der Waals surface area contributed by atoms with Crippen LogP contribution in [0.15, 0.2) is 66.2 Å². The van der Waals surface area contributed by atoms with Gasteiger partial charge in [-0.05, 0) is 78.9 Å². The van der Waals surface area contributed by atoms with Gasteiger partial charge >= 0.3 is 5.91 Å². The summed E-state index contributed by atoms with van der Waals surface area (Å²) >= 11 is 7.47. The fourth-order valence-corrected chi connectivity index (χ4v) is 6.51. The molecule has 2 aliphatic rings. The van der Waals surface area contributed by atoms with Gasteiger partial charge in [-0.2, -0.15) is 0 Å². The van der Waals surface area contributed by atoms with Crippen LogP contribution in [0.25, 0.3) is 16.0 Å². The van der Waals surface area contributed by atoms with Crippen molar-refractivity contribution in [3.05, 3.63) is 87.9 Å². The maximum Gasteiger partial charge on any atom is 0.301 e. The van der Waals surface area contributed by atoms with Crippen LogP contribution in [-0.4, -0.2) is 34.5 Å². The summed E-state index contributed by atoms with van der Waals surface area (Å²) in [6.07, 6.45) is 1.61. The molecule has 0 unspecified atom stereocenters. The molecule has 1 saturated heterocycles. The van der Waals surface area contributed by atoms with E-state index < -0.39 is 17.7 Å². The van der Waals surface area contributed by atoms with Gasteiger partial charge in [0.15, 0.2) is 5.13 Å². The van der Waals surface area contributed by atoms with E-state index in [2.05, 4.69) is 18.8 Å². The summed E-state index contributed by atoms with van der Waals surface area (Å²) in [5.41, 5.74) is 2.68. The van der Waals surface area contributed by atoms with Crippen molar-refractivity contribution in [1.82, 2.24) is 4.98 Å². The largest absolute Gasteiger partial charge is 0.507 e. The third-order valence-electron chi connectivity index (χ3n) is 7.30. The minimum Gasteiger partial charge on any atom is -0.507 e. The van der Waals surface area contributed by atoms with Gasteiger partial charge < -0.3 is 14.6 Å². The Hall–Kier alpha value is -3.88. The fraction of sp³-hybridized carbons (Fsp3) is 0.281. The number of ether oxygens (including phenoxy) is 2. The van der Waals surface area contributed by atoms with E-state index in [0.29, 0.717) is 51.5 Å². The highest BCUT2D eigenvalue weighted by molar-refractivity contribution is 7.22. The van der Waals surface area contributed by atoms with E-state index in [0.717, 1.165) is 22.4 Å². The second-order valence-electron chi connectivity index (χ2n) is 10.8. The van der Waals surface area contributed by atoms with Gasteiger partial charge in [0.25, 0.3) is 5.78 Å². The van der Waals surface area contributed by atoms with Crippen molar-refractivity contribution in [2.75, 3.05) is 11.5 Å². The number of carbonyl (C=O) groups excluding carboxylic acids is 2. The molecule has 0 saturated carbocycles. The van der Waals surface area contributed by atoms with Crippen molar-refractivity contribution in [2.24, 2.45) is 5.92 Å². The number of hydrogen-bond donors (Lipinski definition) is 1. The van der Waals surface area contributed by atoms with E-state index in [4.69, 9.17) is 21.1 Å². The lowest BCUT2D eigenvalue weighted by atomic mass is 9.94. The van der Waals surface area contributed by atoms with Crippen LogP contribution in [0.2, 0.25) is 5.02 Å². The van der Waals surface area contributed by atoms with Gasteiger partial charge in [0.05, 0.1) is 28.4 Å². The Morgan fingerprint density at radius 1 is 1.17 bits per heavy atom. The molecule has 3 aromatic carbocycles. The van der Waals surface area contributed by atoms with Crippen molar-refractivity contribution in [3.8, 4) is 11.5 Å². The SMILES string of the molecule is CC(C)CCOc1cccc([C@H]2C(=C(O)c3ccc4c(c3)C[C@H](C)O4)C(=O)C(=O)N2c2nc3ccc(Cl)cc3s2)c1. The lowest BCUT2D eigenvalue weighted by Gasteiger charge is -2.23. The van der Waals surface area contributed by atoms with Crippen molar-refractivity contribution >= 4 is 55.7 Å². The molecule has 210 valence electrons. The smallest absolute Gasteiger partial charge is 0.301 e. The van der Waals surface area contributed by atoms with Gasteiger partial charge in [-0.25, -0.2) is 4.98 Å². The number of rotatable bonds is 7. The molecule has 3 heterocycles. The summed E-state index contributed by atoms with van der Waals surface area (Å²) in [4.78, 5) is 33.4. The Labute approximate surface area is 247 Å². The molecule has 2 aliphatic heterocycles. The Bertz CT molecular complexity index is 1710. The zero-order valence-electron chi connectivity index (χ0n) is 22.9. The van der Waals surface area contributed by atoms with Crippen molar-refractivity contribution in [3.63, 3.8) is 0 Å². The Morgan fingerprint density at radius 3 is 2.80 bits per heavy atom. The number of ketones is 1. The molecule has 0 aliphatic carbocycles. The quantitative estimate of drug-likeness (QED) is 0.138. The molecule has 1 amide bonds. The van der Waals surface area contributed by atoms with Crippen LogP contribution in [0, 0.1) is 5.92 Å². The fourth-order valence-electron chi connectivity index (χ4n) is 5.25. The molecule has 41 heavy (non-hydrogen) atoms. The summed E-state index contributed by atoms with van der Waals surface area (Å²) in [7, 11) is 0. The number of benzene rings is 3. The molecule has 7 nitrogen and oxygen atoms in total. The van der Waals surface area contributed by atoms with Gasteiger partial charge in [-0.1, -0.05) is 48.9 Å². The third kappa shape index (κ3) is 5.18. The van der Waals surface area contributed by atoms with Crippen LogP contribution in [0.3, 0.4) is 0 Å². The number of Topliss-reactive ketones (excluding diaryl/α,β-unsaturated/α-hetero) is 1. The van der Waals surface area contributed by atoms with Crippen molar-refractivity contribution < 1.29 is 24.2 Å². The number of amides is 1. The lowest BCUT2D eigenvalue weighted by Crippen LogP contribution is -2.29. The van der Waals surface area contributed by atoms with Crippen LogP contribution in [0.5, 0.6) is 11.5 Å². The predicted octanol–water partition coefficient (Wildman–Crippen LogP) is 7.32. The molecule has 1 fully saturated rings. The summed E-state index contributed by atoms with van der Waals surface area (Å²) in [6.45, 7) is 6.77. The van der Waals surface area contributed by atoms with Crippen LogP contribution in [-0.2, 0) is 16.0 Å². The highest BCUT2D eigenvalue weighted by atomic mass is 35.5. The number of carbonyl (C=O) groups is 2. The number of aliphatic hydroxyl groups excluding tert-OH is 1. The Morgan fingerprint density at radius 2 is 2.00 bits per heavy atom. The second-order valence-corrected chi connectivity index (χ2v) is 12.3. The van der Waals surface area contributed by atoms with E-state index in [1.807, 2.05) is 37.3 Å². The number of aromatic nitrogens is 1. The third-order valence-corrected chi connectivity index (χ3v) is 8.55. The molecule has 2 atom stereocenters. The normalized spacial score (nSPS) is 19.7. The molecular formula is C32H29ClN2O5S. The molecule has 9 heteroatoms. The number of fused-ring (bicyclic) bond motifs is 2. The highest BCUT2D eigenvalue weighted by Crippen LogP contribution is 2.45. The van der Waals surface area contributed by atoms with E-state index in [-0.39, 0.29) is 17.4 Å². The summed E-state index contributed by atoms with van der Waals surface area (Å²) in [5.74, 6) is 0.0814. The molecule has 0 radical (unpaired) electrons. The first-order chi connectivity index (χ1) is 19.7. The summed E-state index contributed by atoms with van der Waals surface area (Å²) in [5, 5.41) is 12.5. The maximum absolute atomic E-state index is 13.7. The molecule has 0 bridgehead atoms. The average molecular weight is 589 g/mol. The first-order valence-electron chi connectivity index (χ1n) is 13.6. The van der Waals surface area contributed by atoms with Crippen LogP contribution in [0.4, 0.5) is 5.13 Å². The first kappa shape index (κ1) is 27.3. The minimum absolute atomic E-state index is 0.00136. The monoisotopic (exact) mass is 588 g/mol. The second kappa shape index (κ2) is 10.8. The zero-order chi connectivity index (χ0) is 28.8. The lowest BCUT2D eigenvalue weighted by molar-refractivity contribution is -0.132. The number of nitrogens with zero attached hydrogens (tertiary/aromatic N) is 2. The Kier molecular flexibility index (Phi) is 7.21. The molecule has 4 aromatic rings. The van der Waals surface area contributed by atoms with E-state index in [1.54, 1.807) is 30.3 Å². The number of thiazole rings is 1. The van der Waals surface area contributed by atoms with Crippen LogP contribution >= 0.6 is 22.9 Å². The Balaban J connectivity index is 1.48. The van der Waals surface area contributed by atoms with Crippen molar-refractivity contribution in [1.29, 1.82) is 0 Å². The number of hydrogen-bond acceptors (Lipinski definition) is 7. The van der Waals surface area contributed by atoms with Crippen LogP contribution < -0.4 is 14.4 Å². The number of anilines is 1. The average Bonchev–Trinajstić information content (AvgIpc) is 3.60. The first-order valence-corrected chi connectivity index (χ1v) is 14.8. The van der Waals surface area contributed by atoms with Crippen LogP contribution in [0.1, 0.15) is 49.9 Å². The van der Waals surface area contributed by atoms with Gasteiger partial charge in [-0.3, -0.25) is 14.5 Å². The summed E-state index contributed by atoms with van der Waals surface area (Å²) in [6, 6.07) is 17.0. The van der Waals surface area contributed by atoms with Gasteiger partial charge in [0, 0.05) is 17.0 Å². The van der Waals surface area contributed by atoms with Gasteiger partial charge in [0.2, 0.25) is 0 Å². The van der Waals surface area contributed by atoms with E-state index in [1.165, 1.54) is 16.2 Å². The number of halogens is 1. The van der Waals surface area contributed by atoms with E-state index in [9.17, 15) is 14.7 Å². The molecular weight excluding hydrogens is 560 g/mol. The predicted molar refractivity (Wildman–Crippen MR) is 161 cm³/mol. The molecule has 0 spiro atoms. The number of aliphatic hydroxyl groups is 1. The molecule has 1 N–H and O–H groups in total. The summed E-state index contributed by atoms with van der Waals surface area (Å²) < 4.78 is 12.6. The topological polar surface area (TPSA) is 89.0 Å². The van der Waals surface area contributed by atoms with Gasteiger partial charge in [-0.15, -0.1) is 0 Å². The van der Waals surface area contributed by atoms with E-state index >= 15 is 0 Å². The molecule has 1 aromatic heterocycles. The standard InChI is InChI=1S/C32H29ClN2O5S/c1-17(2)11-12-39-23-6-4-5-19(15-23)28-27(29(36)20-7-10-25-21(14-20)13-18(3)40-25)30(37)31(38)35(28)32-34-24-9-8-22(33)16-26(24)41-32/h4-10,14-18,28,36H,11-13H2,1-3H3/t18-,28-/m0/s1. The van der Waals surface area contributed by atoms with Crippen molar-refractivity contribution in [2.45, 2.75) is 45.8 Å². The van der Waals surface area contributed by atoms with Gasteiger partial charge in [0.1, 0.15) is 23.4 Å². The zero-order valence-corrected chi connectivity index (χ0v) is 24.5. The minimum atomic E-state index is -0.914. The maximum atomic E-state index is 13.7. The molecule has 6 rings (SSSR count).